The number of aromatic nitrogens is 1. The molecule has 0 radical (unpaired) electrons. The Labute approximate surface area is 309 Å². The number of rotatable bonds is 13. The van der Waals surface area contributed by atoms with Gasteiger partial charge in [0.1, 0.15) is 30.5 Å². The Bertz CT molecular complexity index is 1970. The number of carbonyl (C=O) groups is 1. The fraction of sp³-hybridized carbons (Fsp3) is 0.209. The van der Waals surface area contributed by atoms with Gasteiger partial charge in [-0.2, -0.15) is 0 Å². The SMILES string of the molecule is Cc1ccc(COc2ccc(Oc3c(C)cc(/C=C/C(=O)N4CCN(Cc5ccc(/C=C/COc6ccc(F)cc6)cc5)CC4)cc3Cl)nc2)cc1. The van der Waals surface area contributed by atoms with Gasteiger partial charge < -0.3 is 19.1 Å². The van der Waals surface area contributed by atoms with Gasteiger partial charge in [-0.3, -0.25) is 9.69 Å². The highest BCUT2D eigenvalue weighted by Gasteiger charge is 2.20. The maximum absolute atomic E-state index is 13.0. The molecule has 1 aliphatic rings. The van der Waals surface area contributed by atoms with Crippen LogP contribution in [0, 0.1) is 19.7 Å². The molecule has 0 spiro atoms. The fourth-order valence-corrected chi connectivity index (χ4v) is 6.02. The second kappa shape index (κ2) is 17.7. The number of amides is 1. The summed E-state index contributed by atoms with van der Waals surface area (Å²) in [7, 11) is 0. The van der Waals surface area contributed by atoms with Gasteiger partial charge in [-0.1, -0.05) is 71.8 Å². The van der Waals surface area contributed by atoms with E-state index in [-0.39, 0.29) is 11.7 Å². The maximum atomic E-state index is 13.0. The summed E-state index contributed by atoms with van der Waals surface area (Å²) in [5.74, 6) is 1.89. The van der Waals surface area contributed by atoms with Crippen molar-refractivity contribution in [3.63, 3.8) is 0 Å². The van der Waals surface area contributed by atoms with Crippen molar-refractivity contribution >= 4 is 29.7 Å². The lowest BCUT2D eigenvalue weighted by atomic mass is 10.1. The summed E-state index contributed by atoms with van der Waals surface area (Å²) in [6.07, 6.45) is 8.97. The molecule has 0 unspecified atom stereocenters. The van der Waals surface area contributed by atoms with Crippen molar-refractivity contribution in [3.8, 4) is 23.1 Å². The molecule has 1 aliphatic heterocycles. The molecule has 266 valence electrons. The van der Waals surface area contributed by atoms with Crippen LogP contribution in [0.2, 0.25) is 5.02 Å². The minimum atomic E-state index is -0.281. The predicted molar refractivity (Wildman–Crippen MR) is 204 cm³/mol. The number of pyridine rings is 1. The molecular weight excluding hydrogens is 677 g/mol. The number of aryl methyl sites for hydroxylation is 2. The van der Waals surface area contributed by atoms with Crippen LogP contribution < -0.4 is 14.2 Å². The van der Waals surface area contributed by atoms with Crippen molar-refractivity contribution in [3.05, 3.63) is 160 Å². The van der Waals surface area contributed by atoms with Gasteiger partial charge in [0.2, 0.25) is 11.8 Å². The van der Waals surface area contributed by atoms with Crippen LogP contribution in [0.25, 0.3) is 12.2 Å². The van der Waals surface area contributed by atoms with Crippen molar-refractivity contribution in [1.29, 1.82) is 0 Å². The van der Waals surface area contributed by atoms with Gasteiger partial charge in [-0.15, -0.1) is 0 Å². The van der Waals surface area contributed by atoms with E-state index in [1.807, 2.05) is 48.2 Å². The van der Waals surface area contributed by atoms with Gasteiger partial charge in [0.25, 0.3) is 0 Å². The Hall–Kier alpha value is -5.44. The van der Waals surface area contributed by atoms with E-state index < -0.39 is 0 Å². The van der Waals surface area contributed by atoms with Crippen molar-refractivity contribution < 1.29 is 23.4 Å². The van der Waals surface area contributed by atoms with Crippen molar-refractivity contribution in [2.75, 3.05) is 32.8 Å². The first-order valence-electron chi connectivity index (χ1n) is 17.2. The number of piperazine rings is 1. The van der Waals surface area contributed by atoms with Gasteiger partial charge in [0.05, 0.1) is 11.2 Å². The van der Waals surface area contributed by atoms with E-state index in [1.165, 1.54) is 23.3 Å². The van der Waals surface area contributed by atoms with Crippen LogP contribution in [0.4, 0.5) is 4.39 Å². The second-order valence-electron chi connectivity index (χ2n) is 12.7. The quantitative estimate of drug-likeness (QED) is 0.113. The highest BCUT2D eigenvalue weighted by Crippen LogP contribution is 2.34. The zero-order chi connectivity index (χ0) is 36.3. The molecule has 0 N–H and O–H groups in total. The van der Waals surface area contributed by atoms with E-state index in [0.717, 1.165) is 41.9 Å². The van der Waals surface area contributed by atoms with Crippen LogP contribution >= 0.6 is 11.6 Å². The zero-order valence-corrected chi connectivity index (χ0v) is 30.1. The highest BCUT2D eigenvalue weighted by molar-refractivity contribution is 6.32. The molecule has 6 rings (SSSR count). The van der Waals surface area contributed by atoms with Crippen LogP contribution in [-0.2, 0) is 17.9 Å². The largest absolute Gasteiger partial charge is 0.490 e. The van der Waals surface area contributed by atoms with Crippen molar-refractivity contribution in [1.82, 2.24) is 14.8 Å². The summed E-state index contributed by atoms with van der Waals surface area (Å²) >= 11 is 6.62. The lowest BCUT2D eigenvalue weighted by Gasteiger charge is -2.34. The molecule has 7 nitrogen and oxygen atoms in total. The number of halogens is 2. The summed E-state index contributed by atoms with van der Waals surface area (Å²) in [5, 5.41) is 0.433. The molecule has 1 saturated heterocycles. The molecule has 0 aliphatic carbocycles. The van der Waals surface area contributed by atoms with Crippen LogP contribution in [0.5, 0.6) is 23.1 Å². The number of hydrogen-bond donors (Lipinski definition) is 0. The predicted octanol–water partition coefficient (Wildman–Crippen LogP) is 9.31. The summed E-state index contributed by atoms with van der Waals surface area (Å²) in [6.45, 7) is 8.57. The molecule has 1 fully saturated rings. The first-order chi connectivity index (χ1) is 25.3. The standard InChI is InChI=1S/C43H41ClFN3O4/c1-31-5-7-35(8-6-31)30-51-39-18-19-41(46-28-39)52-43-32(2)26-36(27-40(43)44)13-20-42(49)48-23-21-47(22-24-48)29-34-11-9-33(10-12-34)4-3-25-50-38-16-14-37(45)15-17-38/h3-20,26-28H,21-25,29-30H2,1-2H3/b4-3+,20-13+. The number of hydrogen-bond acceptors (Lipinski definition) is 6. The molecule has 1 amide bonds. The summed E-state index contributed by atoms with van der Waals surface area (Å²) in [6, 6.07) is 29.9. The summed E-state index contributed by atoms with van der Waals surface area (Å²) in [4.78, 5) is 21.7. The average Bonchev–Trinajstić information content (AvgIpc) is 3.16. The third-order valence-electron chi connectivity index (χ3n) is 8.65. The van der Waals surface area contributed by atoms with Gasteiger partial charge >= 0.3 is 0 Å². The van der Waals surface area contributed by atoms with Crippen molar-refractivity contribution in [2.45, 2.75) is 27.0 Å². The topological polar surface area (TPSA) is 64.1 Å². The molecule has 0 atom stereocenters. The Morgan fingerprint density at radius 3 is 2.21 bits per heavy atom. The van der Waals surface area contributed by atoms with E-state index in [4.69, 9.17) is 25.8 Å². The van der Waals surface area contributed by atoms with Crippen molar-refractivity contribution in [2.24, 2.45) is 0 Å². The van der Waals surface area contributed by atoms with Gasteiger partial charge in [0, 0.05) is 44.9 Å². The number of nitrogens with zero attached hydrogens (tertiary/aromatic N) is 3. The molecule has 0 bridgehead atoms. The molecular formula is C43H41ClFN3O4. The second-order valence-corrected chi connectivity index (χ2v) is 13.1. The third-order valence-corrected chi connectivity index (χ3v) is 8.93. The van der Waals surface area contributed by atoms with E-state index in [9.17, 15) is 9.18 Å². The Kier molecular flexibility index (Phi) is 12.4. The maximum Gasteiger partial charge on any atom is 0.246 e. The molecule has 2 heterocycles. The van der Waals surface area contributed by atoms with Gasteiger partial charge in [-0.05, 0) is 96.3 Å². The molecule has 9 heteroatoms. The van der Waals surface area contributed by atoms with Crippen LogP contribution in [0.1, 0.15) is 33.4 Å². The lowest BCUT2D eigenvalue weighted by molar-refractivity contribution is -0.127. The van der Waals surface area contributed by atoms with E-state index in [0.29, 0.717) is 54.5 Å². The Morgan fingerprint density at radius 2 is 1.52 bits per heavy atom. The van der Waals surface area contributed by atoms with Gasteiger partial charge in [0.15, 0.2) is 5.75 Å². The van der Waals surface area contributed by atoms with Crippen LogP contribution in [-0.4, -0.2) is 53.5 Å². The monoisotopic (exact) mass is 717 g/mol. The minimum absolute atomic E-state index is 0.0258. The lowest BCUT2D eigenvalue weighted by Crippen LogP contribution is -2.47. The van der Waals surface area contributed by atoms with Crippen LogP contribution in [0.15, 0.2) is 115 Å². The van der Waals surface area contributed by atoms with E-state index in [2.05, 4.69) is 53.2 Å². The van der Waals surface area contributed by atoms with Crippen LogP contribution in [0.3, 0.4) is 0 Å². The molecule has 0 saturated carbocycles. The van der Waals surface area contributed by atoms with E-state index in [1.54, 1.807) is 42.6 Å². The number of benzene rings is 4. The minimum Gasteiger partial charge on any atom is -0.490 e. The summed E-state index contributed by atoms with van der Waals surface area (Å²) in [5.41, 5.74) is 6.23. The third kappa shape index (κ3) is 10.5. The number of carbonyl (C=O) groups excluding carboxylic acids is 1. The number of ether oxygens (including phenoxy) is 3. The Balaban J connectivity index is 0.930. The molecule has 4 aromatic carbocycles. The zero-order valence-electron chi connectivity index (χ0n) is 29.3. The van der Waals surface area contributed by atoms with Gasteiger partial charge in [-0.25, -0.2) is 9.37 Å². The smallest absolute Gasteiger partial charge is 0.246 e. The molecule has 5 aromatic rings. The fourth-order valence-electron chi connectivity index (χ4n) is 5.70. The Morgan fingerprint density at radius 1 is 0.808 bits per heavy atom. The average molecular weight is 718 g/mol. The first-order valence-corrected chi connectivity index (χ1v) is 17.6. The molecule has 52 heavy (non-hydrogen) atoms. The molecule has 1 aromatic heterocycles. The van der Waals surface area contributed by atoms with E-state index >= 15 is 0 Å². The highest BCUT2D eigenvalue weighted by atomic mass is 35.5. The summed E-state index contributed by atoms with van der Waals surface area (Å²) < 4.78 is 30.5. The normalized spacial score (nSPS) is 13.5. The first kappa shape index (κ1) is 36.4.